The molecular weight excluding hydrogens is 252 g/mol. The standard InChI is InChI=1S/C13H13ClN2O2/c1-2-11(9-3-5-10(14)6-4-9)15-13(17)12-7-8-18-16-12/h3-8,11H,2H2,1H3,(H,15,17). The van der Waals surface area contributed by atoms with E-state index < -0.39 is 0 Å². The Kier molecular flexibility index (Phi) is 3.99. The van der Waals surface area contributed by atoms with Gasteiger partial charge in [0.25, 0.3) is 5.91 Å². The van der Waals surface area contributed by atoms with Gasteiger partial charge < -0.3 is 9.84 Å². The summed E-state index contributed by atoms with van der Waals surface area (Å²) in [5.74, 6) is -0.245. The fourth-order valence-corrected chi connectivity index (χ4v) is 1.80. The van der Waals surface area contributed by atoms with Gasteiger partial charge in [-0.15, -0.1) is 0 Å². The van der Waals surface area contributed by atoms with Crippen LogP contribution in [0.3, 0.4) is 0 Å². The third-order valence-corrected chi connectivity index (χ3v) is 2.91. The number of aromatic nitrogens is 1. The van der Waals surface area contributed by atoms with Gasteiger partial charge in [-0.2, -0.15) is 0 Å². The van der Waals surface area contributed by atoms with E-state index in [1.807, 2.05) is 31.2 Å². The number of hydrogen-bond acceptors (Lipinski definition) is 3. The Hall–Kier alpha value is -1.81. The molecular formula is C13H13ClN2O2. The van der Waals surface area contributed by atoms with Crippen LogP contribution >= 0.6 is 11.6 Å². The van der Waals surface area contributed by atoms with Crippen LogP contribution in [0.2, 0.25) is 5.02 Å². The minimum Gasteiger partial charge on any atom is -0.364 e. The van der Waals surface area contributed by atoms with Crippen molar-refractivity contribution in [2.24, 2.45) is 0 Å². The second kappa shape index (κ2) is 5.69. The number of nitrogens with one attached hydrogen (secondary N) is 1. The lowest BCUT2D eigenvalue weighted by Crippen LogP contribution is -2.28. The maximum absolute atomic E-state index is 11.9. The molecule has 0 aliphatic carbocycles. The number of carbonyl (C=O) groups is 1. The van der Waals surface area contributed by atoms with Crippen LogP contribution in [-0.4, -0.2) is 11.1 Å². The summed E-state index contributed by atoms with van der Waals surface area (Å²) in [4.78, 5) is 11.9. The van der Waals surface area contributed by atoms with Gasteiger partial charge in [0.15, 0.2) is 5.69 Å². The highest BCUT2D eigenvalue weighted by atomic mass is 35.5. The normalized spacial score (nSPS) is 12.1. The Bertz CT molecular complexity index is 508. The van der Waals surface area contributed by atoms with Crippen LogP contribution in [-0.2, 0) is 0 Å². The smallest absolute Gasteiger partial charge is 0.273 e. The van der Waals surface area contributed by atoms with Crippen LogP contribution < -0.4 is 5.32 Å². The first-order valence-electron chi connectivity index (χ1n) is 5.67. The first kappa shape index (κ1) is 12.6. The summed E-state index contributed by atoms with van der Waals surface area (Å²) in [6, 6.07) is 8.89. The fraction of sp³-hybridized carbons (Fsp3) is 0.231. The van der Waals surface area contributed by atoms with Crippen molar-refractivity contribution in [2.45, 2.75) is 19.4 Å². The molecule has 1 aromatic heterocycles. The molecule has 1 unspecified atom stereocenters. The summed E-state index contributed by atoms with van der Waals surface area (Å²) in [6.07, 6.45) is 2.16. The van der Waals surface area contributed by atoms with Crippen LogP contribution in [0, 0.1) is 0 Å². The van der Waals surface area contributed by atoms with Gasteiger partial charge in [-0.25, -0.2) is 0 Å². The molecule has 0 radical (unpaired) electrons. The fourth-order valence-electron chi connectivity index (χ4n) is 1.68. The topological polar surface area (TPSA) is 55.1 Å². The summed E-state index contributed by atoms with van der Waals surface area (Å²) in [6.45, 7) is 2.00. The molecule has 1 atom stereocenters. The van der Waals surface area contributed by atoms with Crippen molar-refractivity contribution in [2.75, 3.05) is 0 Å². The van der Waals surface area contributed by atoms with Gasteiger partial charge in [-0.05, 0) is 24.1 Å². The van der Waals surface area contributed by atoms with Crippen LogP contribution in [0.25, 0.3) is 0 Å². The number of amides is 1. The third kappa shape index (κ3) is 2.90. The molecule has 1 aromatic carbocycles. The molecule has 0 saturated heterocycles. The Morgan fingerprint density at radius 1 is 1.39 bits per heavy atom. The number of rotatable bonds is 4. The first-order chi connectivity index (χ1) is 8.70. The zero-order chi connectivity index (χ0) is 13.0. The zero-order valence-electron chi connectivity index (χ0n) is 9.89. The van der Waals surface area contributed by atoms with Crippen molar-refractivity contribution in [1.82, 2.24) is 10.5 Å². The van der Waals surface area contributed by atoms with Crippen molar-refractivity contribution in [3.05, 3.63) is 52.9 Å². The summed E-state index contributed by atoms with van der Waals surface area (Å²) in [5, 5.41) is 7.18. The van der Waals surface area contributed by atoms with Crippen molar-refractivity contribution in [3.63, 3.8) is 0 Å². The van der Waals surface area contributed by atoms with Gasteiger partial charge in [0.1, 0.15) is 6.26 Å². The summed E-state index contributed by atoms with van der Waals surface area (Å²) in [5.41, 5.74) is 1.29. The van der Waals surface area contributed by atoms with Gasteiger partial charge in [-0.3, -0.25) is 4.79 Å². The van der Waals surface area contributed by atoms with Crippen LogP contribution in [0.1, 0.15) is 35.4 Å². The Morgan fingerprint density at radius 3 is 2.67 bits per heavy atom. The van der Waals surface area contributed by atoms with E-state index in [1.54, 1.807) is 0 Å². The molecule has 0 spiro atoms. The molecule has 94 valence electrons. The van der Waals surface area contributed by atoms with Gasteiger partial charge in [0, 0.05) is 11.1 Å². The van der Waals surface area contributed by atoms with E-state index >= 15 is 0 Å². The highest BCUT2D eigenvalue weighted by Gasteiger charge is 2.15. The Labute approximate surface area is 110 Å². The lowest BCUT2D eigenvalue weighted by atomic mass is 10.0. The van der Waals surface area contributed by atoms with Gasteiger partial charge in [0.05, 0.1) is 6.04 Å². The first-order valence-corrected chi connectivity index (χ1v) is 6.05. The molecule has 1 amide bonds. The summed E-state index contributed by atoms with van der Waals surface area (Å²) >= 11 is 5.84. The number of benzene rings is 1. The molecule has 0 aliphatic rings. The second-order valence-corrected chi connectivity index (χ2v) is 4.31. The summed E-state index contributed by atoms with van der Waals surface area (Å²) in [7, 11) is 0. The monoisotopic (exact) mass is 264 g/mol. The van der Waals surface area contributed by atoms with E-state index in [0.717, 1.165) is 12.0 Å². The Balaban J connectivity index is 2.10. The molecule has 1 heterocycles. The minimum absolute atomic E-state index is 0.0635. The van der Waals surface area contributed by atoms with E-state index in [0.29, 0.717) is 5.02 Å². The molecule has 5 heteroatoms. The van der Waals surface area contributed by atoms with E-state index in [9.17, 15) is 4.79 Å². The predicted octanol–water partition coefficient (Wildman–Crippen LogP) is 3.21. The third-order valence-electron chi connectivity index (χ3n) is 2.66. The Morgan fingerprint density at radius 2 is 2.11 bits per heavy atom. The van der Waals surface area contributed by atoms with Crippen LogP contribution in [0.4, 0.5) is 0 Å². The average molecular weight is 265 g/mol. The molecule has 2 aromatic rings. The maximum atomic E-state index is 11.9. The lowest BCUT2D eigenvalue weighted by Gasteiger charge is -2.16. The molecule has 1 N–H and O–H groups in total. The quantitative estimate of drug-likeness (QED) is 0.923. The highest BCUT2D eigenvalue weighted by Crippen LogP contribution is 2.19. The molecule has 2 rings (SSSR count). The lowest BCUT2D eigenvalue weighted by molar-refractivity contribution is 0.0926. The number of nitrogens with zero attached hydrogens (tertiary/aromatic N) is 1. The minimum atomic E-state index is -0.245. The molecule has 0 saturated carbocycles. The predicted molar refractivity (Wildman–Crippen MR) is 68.5 cm³/mol. The average Bonchev–Trinajstić information content (AvgIpc) is 2.91. The van der Waals surface area contributed by atoms with Crippen molar-refractivity contribution in [1.29, 1.82) is 0 Å². The number of halogens is 1. The van der Waals surface area contributed by atoms with E-state index in [1.165, 1.54) is 12.3 Å². The van der Waals surface area contributed by atoms with Crippen LogP contribution in [0.15, 0.2) is 41.1 Å². The number of hydrogen-bond donors (Lipinski definition) is 1. The molecule has 0 bridgehead atoms. The number of carbonyl (C=O) groups excluding carboxylic acids is 1. The van der Waals surface area contributed by atoms with E-state index in [2.05, 4.69) is 15.0 Å². The zero-order valence-corrected chi connectivity index (χ0v) is 10.6. The van der Waals surface area contributed by atoms with Crippen molar-refractivity contribution < 1.29 is 9.32 Å². The molecule has 4 nitrogen and oxygen atoms in total. The second-order valence-electron chi connectivity index (χ2n) is 3.87. The molecule has 0 aliphatic heterocycles. The highest BCUT2D eigenvalue weighted by molar-refractivity contribution is 6.30. The molecule has 0 fully saturated rings. The summed E-state index contributed by atoms with van der Waals surface area (Å²) < 4.78 is 4.64. The van der Waals surface area contributed by atoms with Gasteiger partial charge in [0.2, 0.25) is 0 Å². The van der Waals surface area contributed by atoms with E-state index in [-0.39, 0.29) is 17.6 Å². The van der Waals surface area contributed by atoms with Crippen LogP contribution in [0.5, 0.6) is 0 Å². The van der Waals surface area contributed by atoms with Gasteiger partial charge >= 0.3 is 0 Å². The largest absolute Gasteiger partial charge is 0.364 e. The SMILES string of the molecule is CCC(NC(=O)c1ccon1)c1ccc(Cl)cc1. The van der Waals surface area contributed by atoms with Crippen molar-refractivity contribution in [3.8, 4) is 0 Å². The maximum Gasteiger partial charge on any atom is 0.273 e. The van der Waals surface area contributed by atoms with Gasteiger partial charge in [-0.1, -0.05) is 35.8 Å². The van der Waals surface area contributed by atoms with Crippen molar-refractivity contribution >= 4 is 17.5 Å². The molecule has 18 heavy (non-hydrogen) atoms. The van der Waals surface area contributed by atoms with E-state index in [4.69, 9.17) is 11.6 Å².